The van der Waals surface area contributed by atoms with Crippen LogP contribution in [0.1, 0.15) is 49.7 Å². The molecule has 0 aliphatic carbocycles. The molecule has 0 bridgehead atoms. The number of piperidine rings is 1. The van der Waals surface area contributed by atoms with Crippen molar-refractivity contribution in [3.8, 4) is 0 Å². The number of amides is 3. The first-order valence-corrected chi connectivity index (χ1v) is 9.47. The first kappa shape index (κ1) is 17.8. The van der Waals surface area contributed by atoms with E-state index in [1.54, 1.807) is 0 Å². The Morgan fingerprint density at radius 1 is 1.20 bits per heavy atom. The minimum absolute atomic E-state index is 0.00981. The van der Waals surface area contributed by atoms with E-state index in [9.17, 15) is 9.59 Å². The number of aryl methyl sites for hydroxylation is 2. The van der Waals surface area contributed by atoms with Gasteiger partial charge >= 0.3 is 6.03 Å². The lowest BCUT2D eigenvalue weighted by molar-refractivity contribution is -0.127. The number of carbonyl (C=O) groups excluding carboxylic acids is 2. The smallest absolute Gasteiger partial charge is 0.322 e. The van der Waals surface area contributed by atoms with Crippen LogP contribution in [-0.2, 0) is 4.79 Å². The molecular weight excluding hydrogens is 314 g/mol. The number of hydrogen-bond acceptors (Lipinski definition) is 2. The molecule has 1 N–H and O–H groups in total. The van der Waals surface area contributed by atoms with E-state index in [4.69, 9.17) is 0 Å². The maximum atomic E-state index is 12.8. The molecule has 1 aromatic rings. The van der Waals surface area contributed by atoms with Crippen molar-refractivity contribution < 1.29 is 9.59 Å². The summed E-state index contributed by atoms with van der Waals surface area (Å²) < 4.78 is 0. The van der Waals surface area contributed by atoms with Gasteiger partial charge in [0.25, 0.3) is 0 Å². The molecular formula is C20H29N3O2. The molecule has 0 spiro atoms. The molecule has 0 unspecified atom stereocenters. The third kappa shape index (κ3) is 4.33. The summed E-state index contributed by atoms with van der Waals surface area (Å²) in [7, 11) is 0. The zero-order valence-electron chi connectivity index (χ0n) is 15.4. The highest BCUT2D eigenvalue weighted by Gasteiger charge is 2.28. The maximum Gasteiger partial charge on any atom is 0.322 e. The molecule has 2 aliphatic rings. The summed E-state index contributed by atoms with van der Waals surface area (Å²) >= 11 is 0. The van der Waals surface area contributed by atoms with Crippen molar-refractivity contribution in [1.82, 2.24) is 9.80 Å². The summed E-state index contributed by atoms with van der Waals surface area (Å²) in [6.45, 7) is 6.53. The molecule has 3 rings (SSSR count). The largest absolute Gasteiger partial charge is 0.343 e. The molecule has 3 amide bonds. The Morgan fingerprint density at radius 3 is 2.76 bits per heavy atom. The van der Waals surface area contributed by atoms with Gasteiger partial charge in [-0.1, -0.05) is 17.7 Å². The van der Waals surface area contributed by atoms with Crippen molar-refractivity contribution in [3.63, 3.8) is 0 Å². The van der Waals surface area contributed by atoms with Crippen LogP contribution >= 0.6 is 0 Å². The second kappa shape index (κ2) is 7.89. The van der Waals surface area contributed by atoms with Gasteiger partial charge in [-0.15, -0.1) is 0 Å². The minimum atomic E-state index is -0.00981. The third-order valence-corrected chi connectivity index (χ3v) is 5.42. The first-order chi connectivity index (χ1) is 12.0. The van der Waals surface area contributed by atoms with Crippen LogP contribution in [0, 0.1) is 13.8 Å². The van der Waals surface area contributed by atoms with Crippen molar-refractivity contribution in [2.45, 2.75) is 58.4 Å². The van der Waals surface area contributed by atoms with E-state index in [2.05, 4.69) is 18.3 Å². The standard InChI is InChI=1S/C20H29N3O2/c1-15-8-9-18(16(2)14-15)21-20(25)23-12-4-3-6-17(23)10-13-22-11-5-7-19(22)24/h8-9,14,17H,3-7,10-13H2,1-2H3,(H,21,25)/t17-/m1/s1. The Balaban J connectivity index is 1.61. The topological polar surface area (TPSA) is 52.7 Å². The summed E-state index contributed by atoms with van der Waals surface area (Å²) in [6.07, 6.45) is 5.78. The fourth-order valence-electron chi connectivity index (χ4n) is 3.95. The SMILES string of the molecule is Cc1ccc(NC(=O)N2CCCC[C@@H]2CCN2CCCC2=O)c(C)c1. The van der Waals surface area contributed by atoms with Crippen LogP contribution in [-0.4, -0.2) is 47.4 Å². The Labute approximate surface area is 150 Å². The molecule has 5 nitrogen and oxygen atoms in total. The van der Waals surface area contributed by atoms with Crippen molar-refractivity contribution >= 4 is 17.6 Å². The van der Waals surface area contributed by atoms with Crippen LogP contribution in [0.25, 0.3) is 0 Å². The molecule has 136 valence electrons. The van der Waals surface area contributed by atoms with Gasteiger partial charge in [0.2, 0.25) is 5.91 Å². The van der Waals surface area contributed by atoms with Crippen LogP contribution in [0.5, 0.6) is 0 Å². The highest BCUT2D eigenvalue weighted by Crippen LogP contribution is 2.23. The van der Waals surface area contributed by atoms with Gasteiger partial charge in [-0.2, -0.15) is 0 Å². The lowest BCUT2D eigenvalue weighted by Gasteiger charge is -2.36. The number of nitrogens with one attached hydrogen (secondary N) is 1. The average Bonchev–Trinajstić information content (AvgIpc) is 3.01. The predicted molar refractivity (Wildman–Crippen MR) is 99.7 cm³/mol. The van der Waals surface area contributed by atoms with E-state index in [-0.39, 0.29) is 18.0 Å². The molecule has 2 heterocycles. The molecule has 0 saturated carbocycles. The monoisotopic (exact) mass is 343 g/mol. The van der Waals surface area contributed by atoms with Crippen LogP contribution in [0.15, 0.2) is 18.2 Å². The second-order valence-corrected chi connectivity index (χ2v) is 7.36. The number of hydrogen-bond donors (Lipinski definition) is 1. The number of benzene rings is 1. The van der Waals surface area contributed by atoms with E-state index >= 15 is 0 Å². The van der Waals surface area contributed by atoms with Crippen molar-refractivity contribution in [1.29, 1.82) is 0 Å². The zero-order valence-corrected chi connectivity index (χ0v) is 15.4. The van der Waals surface area contributed by atoms with Crippen LogP contribution in [0.2, 0.25) is 0 Å². The number of nitrogens with zero attached hydrogens (tertiary/aromatic N) is 2. The fourth-order valence-corrected chi connectivity index (χ4v) is 3.95. The third-order valence-electron chi connectivity index (χ3n) is 5.42. The van der Waals surface area contributed by atoms with Crippen molar-refractivity contribution in [2.24, 2.45) is 0 Å². The number of rotatable bonds is 4. The molecule has 0 radical (unpaired) electrons. The summed E-state index contributed by atoms with van der Waals surface area (Å²) in [5.41, 5.74) is 3.17. The first-order valence-electron chi connectivity index (χ1n) is 9.47. The molecule has 2 fully saturated rings. The lowest BCUT2D eigenvalue weighted by atomic mass is 9.99. The molecule has 2 aliphatic heterocycles. The number of anilines is 1. The van der Waals surface area contributed by atoms with Gasteiger partial charge in [-0.3, -0.25) is 4.79 Å². The maximum absolute atomic E-state index is 12.8. The van der Waals surface area contributed by atoms with E-state index in [1.165, 1.54) is 5.56 Å². The molecule has 0 aromatic heterocycles. The lowest BCUT2D eigenvalue weighted by Crippen LogP contribution is -2.47. The Hall–Kier alpha value is -2.04. The Kier molecular flexibility index (Phi) is 5.61. The summed E-state index contributed by atoms with van der Waals surface area (Å²) in [5.74, 6) is 0.266. The van der Waals surface area contributed by atoms with Crippen LogP contribution < -0.4 is 5.32 Å². The van der Waals surface area contributed by atoms with E-state index in [0.717, 1.165) is 63.0 Å². The minimum Gasteiger partial charge on any atom is -0.343 e. The van der Waals surface area contributed by atoms with Crippen molar-refractivity contribution in [2.75, 3.05) is 25.0 Å². The quantitative estimate of drug-likeness (QED) is 0.906. The molecule has 1 aromatic carbocycles. The van der Waals surface area contributed by atoms with Crippen LogP contribution in [0.4, 0.5) is 10.5 Å². The molecule has 2 saturated heterocycles. The molecule has 25 heavy (non-hydrogen) atoms. The average molecular weight is 343 g/mol. The summed E-state index contributed by atoms with van der Waals surface area (Å²) in [6, 6.07) is 6.31. The van der Waals surface area contributed by atoms with Gasteiger partial charge in [-0.25, -0.2) is 4.79 Å². The highest BCUT2D eigenvalue weighted by atomic mass is 16.2. The van der Waals surface area contributed by atoms with Gasteiger partial charge in [0, 0.05) is 37.8 Å². The normalized spacial score (nSPS) is 20.9. The second-order valence-electron chi connectivity index (χ2n) is 7.36. The summed E-state index contributed by atoms with van der Waals surface area (Å²) in [4.78, 5) is 28.5. The highest BCUT2D eigenvalue weighted by molar-refractivity contribution is 5.90. The number of likely N-dealkylation sites (tertiary alicyclic amines) is 2. The van der Waals surface area contributed by atoms with E-state index in [0.29, 0.717) is 6.42 Å². The number of urea groups is 1. The number of carbonyl (C=O) groups is 2. The fraction of sp³-hybridized carbons (Fsp3) is 0.600. The zero-order chi connectivity index (χ0) is 17.8. The Bertz CT molecular complexity index is 644. The van der Waals surface area contributed by atoms with Gasteiger partial charge in [0.1, 0.15) is 0 Å². The Morgan fingerprint density at radius 2 is 2.04 bits per heavy atom. The summed E-state index contributed by atoms with van der Waals surface area (Å²) in [5, 5.41) is 3.08. The van der Waals surface area contributed by atoms with E-state index in [1.807, 2.05) is 28.9 Å². The van der Waals surface area contributed by atoms with E-state index < -0.39 is 0 Å². The van der Waals surface area contributed by atoms with Crippen molar-refractivity contribution in [3.05, 3.63) is 29.3 Å². The van der Waals surface area contributed by atoms with Gasteiger partial charge in [0.15, 0.2) is 0 Å². The van der Waals surface area contributed by atoms with Gasteiger partial charge < -0.3 is 15.1 Å². The molecule has 5 heteroatoms. The van der Waals surface area contributed by atoms with Crippen LogP contribution in [0.3, 0.4) is 0 Å². The van der Waals surface area contributed by atoms with Gasteiger partial charge in [0.05, 0.1) is 0 Å². The predicted octanol–water partition coefficient (Wildman–Crippen LogP) is 3.70. The molecule has 1 atom stereocenters. The van der Waals surface area contributed by atoms with Gasteiger partial charge in [-0.05, 0) is 57.6 Å².